The van der Waals surface area contributed by atoms with Crippen LogP contribution in [0.25, 0.3) is 11.1 Å². The number of nitrogens with zero attached hydrogens (tertiary/aromatic N) is 1. The van der Waals surface area contributed by atoms with Crippen molar-refractivity contribution in [2.24, 2.45) is 11.3 Å². The average molecular weight is 554 g/mol. The predicted octanol–water partition coefficient (Wildman–Crippen LogP) is 4.96. The van der Waals surface area contributed by atoms with Gasteiger partial charge in [-0.05, 0) is 93.8 Å². The zero-order valence-electron chi connectivity index (χ0n) is 23.8. The zero-order chi connectivity index (χ0) is 27.9. The lowest BCUT2D eigenvalue weighted by Gasteiger charge is -2.53. The number of ether oxygens (including phenoxy) is 1. The van der Waals surface area contributed by atoms with Gasteiger partial charge in [-0.1, -0.05) is 43.3 Å². The van der Waals surface area contributed by atoms with E-state index in [9.17, 15) is 13.2 Å². The number of amides is 2. The molecule has 3 aliphatic heterocycles. The van der Waals surface area contributed by atoms with Gasteiger partial charge in [0.25, 0.3) is 0 Å². The molecular formula is C31H43N3O4S. The van der Waals surface area contributed by atoms with Gasteiger partial charge in [0.1, 0.15) is 0 Å². The van der Waals surface area contributed by atoms with Gasteiger partial charge >= 0.3 is 6.03 Å². The summed E-state index contributed by atoms with van der Waals surface area (Å²) >= 11 is 0. The number of urea groups is 1. The Morgan fingerprint density at radius 2 is 1.62 bits per heavy atom. The molecule has 2 bridgehead atoms. The van der Waals surface area contributed by atoms with Crippen LogP contribution >= 0.6 is 0 Å². The smallest absolute Gasteiger partial charge is 0.315 e. The van der Waals surface area contributed by atoms with E-state index in [0.29, 0.717) is 17.4 Å². The average Bonchev–Trinajstić information content (AvgIpc) is 3.67. The van der Waals surface area contributed by atoms with E-state index in [-0.39, 0.29) is 22.7 Å². The standard InChI is InChI=1S/C31H43N3O4S/c1-5-31(20-34-18-14-26(31)15-19-34)33-28(35)32-29(2,3)25-10-6-23(7-11-25)24-8-12-27(13-9-24)39(36,37)22-30(16-17-30)21-38-4/h6-13,26H,5,14-22H2,1-4H3,(H2,32,33,35). The Morgan fingerprint density at radius 1 is 1.03 bits per heavy atom. The van der Waals surface area contributed by atoms with Crippen LogP contribution in [0.1, 0.15) is 58.4 Å². The van der Waals surface area contributed by atoms with Gasteiger partial charge in [0, 0.05) is 19.1 Å². The second-order valence-electron chi connectivity index (χ2n) is 12.6. The first kappa shape index (κ1) is 28.1. The molecule has 2 aromatic carbocycles. The lowest BCUT2D eigenvalue weighted by atomic mass is 9.71. The van der Waals surface area contributed by atoms with Crippen LogP contribution in [0.4, 0.5) is 4.79 Å². The number of piperidine rings is 3. The topological polar surface area (TPSA) is 87.7 Å². The van der Waals surface area contributed by atoms with Gasteiger partial charge < -0.3 is 20.3 Å². The highest BCUT2D eigenvalue weighted by Gasteiger charge is 2.47. The first-order chi connectivity index (χ1) is 18.5. The van der Waals surface area contributed by atoms with E-state index in [1.165, 1.54) is 0 Å². The molecule has 3 heterocycles. The van der Waals surface area contributed by atoms with Crippen LogP contribution < -0.4 is 10.6 Å². The molecule has 2 amide bonds. The summed E-state index contributed by atoms with van der Waals surface area (Å²) in [6.07, 6.45) is 5.04. The SMILES string of the molecule is CCC1(NC(=O)NC(C)(C)c2ccc(-c3ccc(S(=O)(=O)CC4(COC)CC4)cc3)cc2)CN2CCC1CC2. The van der Waals surface area contributed by atoms with Crippen molar-refractivity contribution < 1.29 is 17.9 Å². The van der Waals surface area contributed by atoms with Crippen molar-refractivity contribution in [2.45, 2.75) is 68.8 Å². The van der Waals surface area contributed by atoms with Crippen LogP contribution in [0.2, 0.25) is 0 Å². The molecule has 8 heteroatoms. The van der Waals surface area contributed by atoms with Gasteiger partial charge in [0.15, 0.2) is 9.84 Å². The molecule has 0 spiro atoms. The molecule has 1 saturated carbocycles. The third kappa shape index (κ3) is 5.88. The van der Waals surface area contributed by atoms with Gasteiger partial charge in [-0.25, -0.2) is 13.2 Å². The third-order valence-corrected chi connectivity index (χ3v) is 11.3. The maximum Gasteiger partial charge on any atom is 0.315 e. The Bertz CT molecular complexity index is 1280. The summed E-state index contributed by atoms with van der Waals surface area (Å²) in [7, 11) is -1.74. The van der Waals surface area contributed by atoms with E-state index in [1.807, 2.05) is 50.2 Å². The Morgan fingerprint density at radius 3 is 2.10 bits per heavy atom. The molecule has 1 aliphatic carbocycles. The summed E-state index contributed by atoms with van der Waals surface area (Å²) in [5.41, 5.74) is 2.04. The first-order valence-corrected chi connectivity index (χ1v) is 15.9. The molecule has 2 N–H and O–H groups in total. The van der Waals surface area contributed by atoms with Crippen LogP contribution in [0.15, 0.2) is 53.4 Å². The second-order valence-corrected chi connectivity index (χ2v) is 14.5. The molecule has 4 aliphatic rings. The Balaban J connectivity index is 1.23. The second kappa shape index (κ2) is 10.5. The highest BCUT2D eigenvalue weighted by Crippen LogP contribution is 2.47. The highest BCUT2D eigenvalue weighted by molar-refractivity contribution is 7.91. The lowest BCUT2D eigenvalue weighted by molar-refractivity contribution is 0.00985. The predicted molar refractivity (Wildman–Crippen MR) is 154 cm³/mol. The quantitative estimate of drug-likeness (QED) is 0.434. The summed E-state index contributed by atoms with van der Waals surface area (Å²) in [5, 5.41) is 6.58. The largest absolute Gasteiger partial charge is 0.384 e. The van der Waals surface area contributed by atoms with Crippen LogP contribution in [0.5, 0.6) is 0 Å². The van der Waals surface area contributed by atoms with Crippen molar-refractivity contribution in [1.29, 1.82) is 0 Å². The fourth-order valence-corrected chi connectivity index (χ4v) is 8.55. The van der Waals surface area contributed by atoms with Crippen LogP contribution in [-0.4, -0.2) is 64.0 Å². The fraction of sp³-hybridized carbons (Fsp3) is 0.581. The molecule has 212 valence electrons. The van der Waals surface area contributed by atoms with E-state index in [4.69, 9.17) is 4.74 Å². The molecule has 39 heavy (non-hydrogen) atoms. The number of nitrogens with one attached hydrogen (secondary N) is 2. The summed E-state index contributed by atoms with van der Waals surface area (Å²) in [6.45, 7) is 9.92. The number of carbonyl (C=O) groups excluding carboxylic acids is 1. The lowest BCUT2D eigenvalue weighted by Crippen LogP contribution is -2.68. The molecule has 1 atom stereocenters. The van der Waals surface area contributed by atoms with Crippen LogP contribution in [0, 0.1) is 11.3 Å². The van der Waals surface area contributed by atoms with Crippen molar-refractivity contribution in [3.8, 4) is 11.1 Å². The number of rotatable bonds is 10. The highest BCUT2D eigenvalue weighted by atomic mass is 32.2. The normalized spacial score (nSPS) is 25.7. The summed E-state index contributed by atoms with van der Waals surface area (Å²) < 4.78 is 31.2. The Hall–Kier alpha value is -2.42. The fourth-order valence-electron chi connectivity index (χ4n) is 6.65. The summed E-state index contributed by atoms with van der Waals surface area (Å²) in [6, 6.07) is 15.1. The zero-order valence-corrected chi connectivity index (χ0v) is 24.6. The number of fused-ring (bicyclic) bond motifs is 3. The van der Waals surface area contributed by atoms with Gasteiger partial charge in [0.05, 0.1) is 28.3 Å². The summed E-state index contributed by atoms with van der Waals surface area (Å²) in [4.78, 5) is 16.0. The van der Waals surface area contributed by atoms with E-state index in [1.54, 1.807) is 19.2 Å². The van der Waals surface area contributed by atoms with Gasteiger partial charge in [-0.3, -0.25) is 0 Å². The Labute approximate surface area is 233 Å². The van der Waals surface area contributed by atoms with Gasteiger partial charge in [-0.2, -0.15) is 0 Å². The molecule has 2 aromatic rings. The molecule has 3 saturated heterocycles. The van der Waals surface area contributed by atoms with Crippen molar-refractivity contribution in [3.63, 3.8) is 0 Å². The molecule has 0 aromatic heterocycles. The van der Waals surface area contributed by atoms with Crippen LogP contribution in [0.3, 0.4) is 0 Å². The van der Waals surface area contributed by atoms with E-state index < -0.39 is 15.4 Å². The maximum atomic E-state index is 13.2. The molecule has 0 radical (unpaired) electrons. The third-order valence-electron chi connectivity index (χ3n) is 9.35. The van der Waals surface area contributed by atoms with E-state index in [0.717, 1.165) is 68.4 Å². The minimum atomic E-state index is -3.36. The minimum absolute atomic E-state index is 0.116. The van der Waals surface area contributed by atoms with Crippen molar-refractivity contribution in [1.82, 2.24) is 15.5 Å². The van der Waals surface area contributed by atoms with Crippen molar-refractivity contribution >= 4 is 15.9 Å². The van der Waals surface area contributed by atoms with Crippen LogP contribution in [-0.2, 0) is 20.1 Å². The van der Waals surface area contributed by atoms with E-state index >= 15 is 0 Å². The minimum Gasteiger partial charge on any atom is -0.384 e. The van der Waals surface area contributed by atoms with Crippen molar-refractivity contribution in [3.05, 3.63) is 54.1 Å². The van der Waals surface area contributed by atoms with E-state index in [2.05, 4.69) is 22.5 Å². The monoisotopic (exact) mass is 553 g/mol. The molecule has 1 unspecified atom stereocenters. The Kier molecular flexibility index (Phi) is 7.59. The summed E-state index contributed by atoms with van der Waals surface area (Å²) in [5.74, 6) is 0.678. The number of sulfone groups is 1. The number of methoxy groups -OCH3 is 1. The molecular weight excluding hydrogens is 510 g/mol. The van der Waals surface area contributed by atoms with Crippen molar-refractivity contribution in [2.75, 3.05) is 39.1 Å². The number of hydrogen-bond acceptors (Lipinski definition) is 5. The first-order valence-electron chi connectivity index (χ1n) is 14.3. The molecule has 6 rings (SSSR count). The number of carbonyl (C=O) groups is 1. The molecule has 7 nitrogen and oxygen atoms in total. The number of benzene rings is 2. The number of hydrogen-bond donors (Lipinski definition) is 2. The molecule has 4 fully saturated rings. The van der Waals surface area contributed by atoms with Gasteiger partial charge in [-0.15, -0.1) is 0 Å². The van der Waals surface area contributed by atoms with Gasteiger partial charge in [0.2, 0.25) is 0 Å². The maximum absolute atomic E-state index is 13.2.